The fourth-order valence-corrected chi connectivity index (χ4v) is 4.52. The molecule has 1 fully saturated rings. The molecule has 2 N–H and O–H groups in total. The zero-order valence-electron chi connectivity index (χ0n) is 21.6. The molecule has 1 unspecified atom stereocenters. The number of aromatic nitrogens is 1. The Kier molecular flexibility index (Phi) is 9.43. The van der Waals surface area contributed by atoms with Crippen LogP contribution in [-0.4, -0.2) is 54.0 Å². The van der Waals surface area contributed by atoms with Crippen molar-refractivity contribution in [2.45, 2.75) is 38.2 Å². The average molecular weight is 512 g/mol. The molecule has 1 saturated heterocycles. The lowest BCUT2D eigenvalue weighted by molar-refractivity contribution is -0.131. The Balaban J connectivity index is 1.32. The van der Waals surface area contributed by atoms with Crippen molar-refractivity contribution in [1.29, 1.82) is 5.26 Å². The van der Waals surface area contributed by atoms with E-state index in [9.17, 15) is 9.59 Å². The van der Waals surface area contributed by atoms with Crippen LogP contribution >= 0.6 is 0 Å². The summed E-state index contributed by atoms with van der Waals surface area (Å²) in [5, 5.41) is 15.3. The first-order valence-electron chi connectivity index (χ1n) is 13.0. The molecule has 8 nitrogen and oxygen atoms in total. The molecular formula is C30H33N5O3. The van der Waals surface area contributed by atoms with Crippen LogP contribution in [0, 0.1) is 11.3 Å². The minimum absolute atomic E-state index is 0.0613. The van der Waals surface area contributed by atoms with E-state index >= 15 is 0 Å². The zero-order chi connectivity index (χ0) is 26.7. The predicted molar refractivity (Wildman–Crippen MR) is 146 cm³/mol. The van der Waals surface area contributed by atoms with E-state index in [0.717, 1.165) is 36.9 Å². The van der Waals surface area contributed by atoms with Gasteiger partial charge in [0.2, 0.25) is 11.8 Å². The van der Waals surface area contributed by atoms with Gasteiger partial charge in [0, 0.05) is 20.0 Å². The normalized spacial score (nSPS) is 15.8. The van der Waals surface area contributed by atoms with Gasteiger partial charge in [0.1, 0.15) is 17.7 Å². The van der Waals surface area contributed by atoms with Gasteiger partial charge in [-0.25, -0.2) is 4.98 Å². The van der Waals surface area contributed by atoms with Crippen LogP contribution in [0.25, 0.3) is 0 Å². The van der Waals surface area contributed by atoms with Crippen molar-refractivity contribution in [2.24, 2.45) is 0 Å². The largest absolute Gasteiger partial charge is 0.487 e. The number of piperidine rings is 1. The topological polar surface area (TPSA) is 107 Å². The molecule has 0 radical (unpaired) electrons. The van der Waals surface area contributed by atoms with Crippen LogP contribution in [0.2, 0.25) is 0 Å². The Morgan fingerprint density at radius 2 is 1.92 bits per heavy atom. The van der Waals surface area contributed by atoms with Gasteiger partial charge in [-0.3, -0.25) is 9.59 Å². The molecule has 1 aromatic heterocycles. The summed E-state index contributed by atoms with van der Waals surface area (Å²) in [4.78, 5) is 31.1. The molecule has 196 valence electrons. The first-order chi connectivity index (χ1) is 18.5. The lowest BCUT2D eigenvalue weighted by Gasteiger charge is -2.32. The number of anilines is 1. The molecule has 1 aliphatic heterocycles. The first-order valence-corrected chi connectivity index (χ1v) is 13.0. The Morgan fingerprint density at radius 3 is 2.61 bits per heavy atom. The van der Waals surface area contributed by atoms with Crippen LogP contribution in [0.3, 0.4) is 0 Å². The van der Waals surface area contributed by atoms with Gasteiger partial charge >= 0.3 is 0 Å². The van der Waals surface area contributed by atoms with Crippen LogP contribution in [0.4, 0.5) is 5.82 Å². The van der Waals surface area contributed by atoms with Crippen LogP contribution in [0.5, 0.6) is 5.75 Å². The second-order valence-electron chi connectivity index (χ2n) is 9.44. The van der Waals surface area contributed by atoms with E-state index in [1.54, 1.807) is 30.2 Å². The smallest absolute Gasteiger partial charge is 0.234 e. The van der Waals surface area contributed by atoms with E-state index in [4.69, 9.17) is 10.00 Å². The summed E-state index contributed by atoms with van der Waals surface area (Å²) in [7, 11) is 0. The highest BCUT2D eigenvalue weighted by Gasteiger charge is 2.23. The number of rotatable bonds is 10. The van der Waals surface area contributed by atoms with Gasteiger partial charge < -0.3 is 20.3 Å². The van der Waals surface area contributed by atoms with Crippen LogP contribution in [-0.2, 0) is 16.0 Å². The Hall–Kier alpha value is -4.22. The molecule has 0 spiro atoms. The maximum absolute atomic E-state index is 13.3. The van der Waals surface area contributed by atoms with Gasteiger partial charge in [0.25, 0.3) is 0 Å². The van der Waals surface area contributed by atoms with Crippen LogP contribution in [0.1, 0.15) is 42.4 Å². The number of hydrogen-bond acceptors (Lipinski definition) is 6. The monoisotopic (exact) mass is 511 g/mol. The number of ether oxygens (including phenoxy) is 1. The molecule has 1 aliphatic rings. The number of amides is 2. The summed E-state index contributed by atoms with van der Waals surface area (Å²) >= 11 is 0. The minimum Gasteiger partial charge on any atom is -0.487 e. The number of carbonyl (C=O) groups is 2. The molecule has 38 heavy (non-hydrogen) atoms. The molecule has 0 saturated carbocycles. The summed E-state index contributed by atoms with van der Waals surface area (Å²) in [6, 6.07) is 22.9. The number of nitrogens with zero attached hydrogens (tertiary/aromatic N) is 3. The SMILES string of the molecule is CC(=O)N1CCC[C@@H](Oc2ccc(NC(=O)C(CNCCc3ccc(C#N)cc3)c3ccccc3)nc2)C1. The molecule has 8 heteroatoms. The second-order valence-corrected chi connectivity index (χ2v) is 9.44. The number of nitriles is 1. The summed E-state index contributed by atoms with van der Waals surface area (Å²) in [5.74, 6) is 0.589. The van der Waals surface area contributed by atoms with Crippen molar-refractivity contribution in [2.75, 3.05) is 31.5 Å². The minimum atomic E-state index is -0.394. The standard InChI is InChI=1S/C30H33N5O3/c1-22(36)35-17-5-8-27(21-35)38-26-13-14-29(33-19-26)34-30(37)28(25-6-3-2-4-7-25)20-32-16-15-23-9-11-24(18-31)12-10-23/h2-4,6-7,9-14,19,27-28,32H,5,8,15-17,20-21H2,1H3,(H,33,34,37)/t27-,28?/m1/s1. The third kappa shape index (κ3) is 7.64. The molecule has 2 atom stereocenters. The molecule has 2 heterocycles. The van der Waals surface area contributed by atoms with Gasteiger partial charge in [0.05, 0.1) is 30.3 Å². The highest BCUT2D eigenvalue weighted by Crippen LogP contribution is 2.21. The lowest BCUT2D eigenvalue weighted by Crippen LogP contribution is -2.43. The van der Waals surface area contributed by atoms with E-state index in [1.807, 2.05) is 54.6 Å². The third-order valence-electron chi connectivity index (χ3n) is 6.65. The van der Waals surface area contributed by atoms with Crippen LogP contribution < -0.4 is 15.4 Å². The van der Waals surface area contributed by atoms with Gasteiger partial charge in [-0.15, -0.1) is 0 Å². The molecule has 3 aromatic rings. The zero-order valence-corrected chi connectivity index (χ0v) is 21.6. The van der Waals surface area contributed by atoms with Crippen molar-refractivity contribution < 1.29 is 14.3 Å². The summed E-state index contributed by atoms with van der Waals surface area (Å²) < 4.78 is 6.03. The van der Waals surface area contributed by atoms with Gasteiger partial charge in [-0.1, -0.05) is 42.5 Å². The number of carbonyl (C=O) groups excluding carboxylic acids is 2. The second kappa shape index (κ2) is 13.4. The van der Waals surface area contributed by atoms with Crippen molar-refractivity contribution in [3.8, 4) is 11.8 Å². The van der Waals surface area contributed by atoms with Gasteiger partial charge in [0.15, 0.2) is 0 Å². The average Bonchev–Trinajstić information content (AvgIpc) is 2.95. The molecule has 2 amide bonds. The quantitative estimate of drug-likeness (QED) is 0.400. The third-order valence-corrected chi connectivity index (χ3v) is 6.65. The highest BCUT2D eigenvalue weighted by molar-refractivity contribution is 5.95. The van der Waals surface area contributed by atoms with Crippen molar-refractivity contribution >= 4 is 17.6 Å². The van der Waals surface area contributed by atoms with Gasteiger partial charge in [-0.05, 0) is 61.2 Å². The van der Waals surface area contributed by atoms with Crippen molar-refractivity contribution in [3.63, 3.8) is 0 Å². The van der Waals surface area contributed by atoms with Crippen molar-refractivity contribution in [1.82, 2.24) is 15.2 Å². The number of hydrogen-bond donors (Lipinski definition) is 2. The van der Waals surface area contributed by atoms with E-state index in [2.05, 4.69) is 21.7 Å². The summed E-state index contributed by atoms with van der Waals surface area (Å²) in [5.41, 5.74) is 2.69. The van der Waals surface area contributed by atoms with Crippen LogP contribution in [0.15, 0.2) is 72.9 Å². The fourth-order valence-electron chi connectivity index (χ4n) is 4.52. The van der Waals surface area contributed by atoms with E-state index in [1.165, 1.54) is 0 Å². The predicted octanol–water partition coefficient (Wildman–Crippen LogP) is 3.90. The molecule has 0 bridgehead atoms. The molecule has 2 aromatic carbocycles. The maximum atomic E-state index is 13.3. The molecule has 0 aliphatic carbocycles. The van der Waals surface area contributed by atoms with Crippen molar-refractivity contribution in [3.05, 3.63) is 89.6 Å². The van der Waals surface area contributed by atoms with Gasteiger partial charge in [-0.2, -0.15) is 5.26 Å². The number of likely N-dealkylation sites (tertiary alicyclic amines) is 1. The Bertz CT molecular complexity index is 1240. The van der Waals surface area contributed by atoms with E-state index in [0.29, 0.717) is 36.8 Å². The maximum Gasteiger partial charge on any atom is 0.234 e. The molecule has 4 rings (SSSR count). The number of pyridine rings is 1. The van der Waals surface area contributed by atoms with E-state index in [-0.39, 0.29) is 17.9 Å². The summed E-state index contributed by atoms with van der Waals surface area (Å²) in [6.07, 6.45) is 4.14. The molecular weight excluding hydrogens is 478 g/mol. The number of benzene rings is 2. The first kappa shape index (κ1) is 26.8. The van der Waals surface area contributed by atoms with E-state index < -0.39 is 5.92 Å². The summed E-state index contributed by atoms with van der Waals surface area (Å²) in [6.45, 7) is 4.10. The highest BCUT2D eigenvalue weighted by atomic mass is 16.5. The lowest BCUT2D eigenvalue weighted by atomic mass is 9.98. The Labute approximate surface area is 223 Å². The number of nitrogens with one attached hydrogen (secondary N) is 2. The Morgan fingerprint density at radius 1 is 1.13 bits per heavy atom. The fraction of sp³-hybridized carbons (Fsp3) is 0.333.